The van der Waals surface area contributed by atoms with Gasteiger partial charge in [0.2, 0.25) is 0 Å². The molecule has 142 valence electrons. The summed E-state index contributed by atoms with van der Waals surface area (Å²) in [5.41, 5.74) is 1.47. The highest BCUT2D eigenvalue weighted by molar-refractivity contribution is 8.00. The largest absolute Gasteiger partial charge is 0.394 e. The fraction of sp³-hybridized carbons (Fsp3) is 0.471. The third-order valence-corrected chi connectivity index (χ3v) is 6.73. The fourth-order valence-corrected chi connectivity index (χ4v) is 4.60. The molecule has 3 rings (SSSR count). The number of thiazole rings is 1. The SMILES string of the molecule is CSc1ncc(Cc2cc([C@@H]3O[C@H](CO)[C@@H](O)[C@H](O)[C@H]3O)ccc2Cl)s1. The zero-order chi connectivity index (χ0) is 18.8. The van der Waals surface area contributed by atoms with Gasteiger partial charge in [-0.05, 0) is 23.4 Å². The van der Waals surface area contributed by atoms with Crippen molar-refractivity contribution >= 4 is 34.7 Å². The van der Waals surface area contributed by atoms with Crippen molar-refractivity contribution in [2.45, 2.75) is 41.3 Å². The maximum Gasteiger partial charge on any atom is 0.149 e. The van der Waals surface area contributed by atoms with E-state index < -0.39 is 37.1 Å². The van der Waals surface area contributed by atoms with Crippen LogP contribution < -0.4 is 0 Å². The normalized spacial score (nSPS) is 29.1. The van der Waals surface area contributed by atoms with Crippen molar-refractivity contribution in [1.29, 1.82) is 0 Å². The number of nitrogens with zero attached hydrogens (tertiary/aromatic N) is 1. The minimum atomic E-state index is -1.41. The molecule has 0 radical (unpaired) electrons. The highest BCUT2D eigenvalue weighted by Gasteiger charge is 2.44. The number of hydrogen-bond donors (Lipinski definition) is 4. The van der Waals surface area contributed by atoms with Crippen molar-refractivity contribution in [3.8, 4) is 0 Å². The average Bonchev–Trinajstić information content (AvgIpc) is 3.10. The molecule has 1 aliphatic rings. The Hall–Kier alpha value is -0.710. The molecule has 0 saturated carbocycles. The highest BCUT2D eigenvalue weighted by Crippen LogP contribution is 2.35. The van der Waals surface area contributed by atoms with Crippen LogP contribution in [0.5, 0.6) is 0 Å². The van der Waals surface area contributed by atoms with Gasteiger partial charge in [0.1, 0.15) is 34.9 Å². The van der Waals surface area contributed by atoms with Gasteiger partial charge >= 0.3 is 0 Å². The molecule has 0 unspecified atom stereocenters. The first-order valence-electron chi connectivity index (χ1n) is 8.02. The number of hydrogen-bond acceptors (Lipinski definition) is 8. The molecule has 1 aliphatic heterocycles. The summed E-state index contributed by atoms with van der Waals surface area (Å²) in [5.74, 6) is 0. The van der Waals surface area contributed by atoms with E-state index in [1.165, 1.54) is 0 Å². The van der Waals surface area contributed by atoms with E-state index in [-0.39, 0.29) is 0 Å². The quantitative estimate of drug-likeness (QED) is 0.548. The third-order valence-electron chi connectivity index (χ3n) is 4.36. The fourth-order valence-electron chi connectivity index (χ4n) is 2.94. The van der Waals surface area contributed by atoms with E-state index in [0.29, 0.717) is 17.0 Å². The van der Waals surface area contributed by atoms with Gasteiger partial charge in [-0.3, -0.25) is 0 Å². The Bertz CT molecular complexity index is 757. The summed E-state index contributed by atoms with van der Waals surface area (Å²) in [5, 5.41) is 40.1. The number of rotatable bonds is 5. The lowest BCUT2D eigenvalue weighted by molar-refractivity contribution is -0.231. The van der Waals surface area contributed by atoms with Crippen LogP contribution in [0.25, 0.3) is 0 Å². The van der Waals surface area contributed by atoms with E-state index in [1.807, 2.05) is 18.5 Å². The lowest BCUT2D eigenvalue weighted by Crippen LogP contribution is -2.55. The summed E-state index contributed by atoms with van der Waals surface area (Å²) >= 11 is 9.49. The van der Waals surface area contributed by atoms with Gasteiger partial charge in [0.25, 0.3) is 0 Å². The molecule has 0 spiro atoms. The third kappa shape index (κ3) is 4.07. The summed E-state index contributed by atoms with van der Waals surface area (Å²) in [6.07, 6.45) is -1.54. The van der Waals surface area contributed by atoms with E-state index >= 15 is 0 Å². The predicted molar refractivity (Wildman–Crippen MR) is 101 cm³/mol. The summed E-state index contributed by atoms with van der Waals surface area (Å²) in [6.45, 7) is -0.458. The molecule has 26 heavy (non-hydrogen) atoms. The van der Waals surface area contributed by atoms with Crippen LogP contribution in [0.2, 0.25) is 5.02 Å². The van der Waals surface area contributed by atoms with Crippen LogP contribution in [0, 0.1) is 0 Å². The molecule has 1 aromatic heterocycles. The zero-order valence-electron chi connectivity index (χ0n) is 13.9. The summed E-state index contributed by atoms with van der Waals surface area (Å²) in [6, 6.07) is 5.23. The van der Waals surface area contributed by atoms with Crippen molar-refractivity contribution in [1.82, 2.24) is 4.98 Å². The molecule has 1 fully saturated rings. The number of benzene rings is 1. The van der Waals surface area contributed by atoms with E-state index in [1.54, 1.807) is 35.2 Å². The first-order chi connectivity index (χ1) is 12.4. The van der Waals surface area contributed by atoms with E-state index in [2.05, 4.69) is 4.98 Å². The maximum absolute atomic E-state index is 10.3. The van der Waals surface area contributed by atoms with Crippen molar-refractivity contribution < 1.29 is 25.2 Å². The molecule has 0 amide bonds. The predicted octanol–water partition coefficient (Wildman–Crippen LogP) is 1.62. The molecular formula is C17H20ClNO5S2. The number of thioether (sulfide) groups is 1. The molecule has 1 saturated heterocycles. The molecule has 0 aliphatic carbocycles. The van der Waals surface area contributed by atoms with Gasteiger partial charge in [0, 0.05) is 22.5 Å². The van der Waals surface area contributed by atoms with Gasteiger partial charge in [0.05, 0.1) is 6.61 Å². The molecule has 0 bridgehead atoms. The summed E-state index contributed by atoms with van der Waals surface area (Å²) < 4.78 is 6.59. The molecule has 2 aromatic rings. The smallest absolute Gasteiger partial charge is 0.149 e. The van der Waals surface area contributed by atoms with Gasteiger partial charge in [-0.15, -0.1) is 11.3 Å². The van der Waals surface area contributed by atoms with Gasteiger partial charge in [-0.2, -0.15) is 0 Å². The lowest BCUT2D eigenvalue weighted by atomic mass is 9.90. The van der Waals surface area contributed by atoms with Crippen LogP contribution in [0.15, 0.2) is 28.7 Å². The van der Waals surface area contributed by atoms with Crippen molar-refractivity contribution in [3.05, 3.63) is 45.4 Å². The zero-order valence-corrected chi connectivity index (χ0v) is 16.3. The van der Waals surface area contributed by atoms with Crippen LogP contribution in [0.3, 0.4) is 0 Å². The second-order valence-corrected chi connectivity index (χ2v) is 8.65. The minimum Gasteiger partial charge on any atom is -0.394 e. The Kier molecular flexibility index (Phi) is 6.58. The lowest BCUT2D eigenvalue weighted by Gasteiger charge is -2.40. The molecule has 9 heteroatoms. The second kappa shape index (κ2) is 8.53. The van der Waals surface area contributed by atoms with Crippen LogP contribution in [0.1, 0.15) is 22.1 Å². The highest BCUT2D eigenvalue weighted by atomic mass is 35.5. The van der Waals surface area contributed by atoms with Crippen molar-refractivity contribution in [2.24, 2.45) is 0 Å². The monoisotopic (exact) mass is 417 g/mol. The van der Waals surface area contributed by atoms with E-state index in [4.69, 9.17) is 16.3 Å². The van der Waals surface area contributed by atoms with Crippen molar-refractivity contribution in [2.75, 3.05) is 12.9 Å². The molecule has 5 atom stereocenters. The first kappa shape index (κ1) is 20.0. The van der Waals surface area contributed by atoms with Gasteiger partial charge < -0.3 is 25.2 Å². The Labute approximate surface area is 164 Å². The minimum absolute atomic E-state index is 0.458. The Morgan fingerprint density at radius 3 is 2.65 bits per heavy atom. The number of aromatic nitrogens is 1. The van der Waals surface area contributed by atoms with Crippen LogP contribution >= 0.6 is 34.7 Å². The van der Waals surface area contributed by atoms with E-state index in [9.17, 15) is 20.4 Å². The van der Waals surface area contributed by atoms with Crippen molar-refractivity contribution in [3.63, 3.8) is 0 Å². The summed E-state index contributed by atoms with van der Waals surface area (Å²) in [4.78, 5) is 5.37. The molecular weight excluding hydrogens is 398 g/mol. The molecule has 4 N–H and O–H groups in total. The Balaban J connectivity index is 1.86. The standard InChI is InChI=1S/C17H20ClNO5S2/c1-25-17-19-6-10(26-17)5-9-4-8(2-3-11(9)18)16-15(23)14(22)13(21)12(7-20)24-16/h2-4,6,12-16,20-23H,5,7H2,1H3/t12-,13-,14+,15-,16+/m1/s1. The van der Waals surface area contributed by atoms with Gasteiger partial charge in [-0.25, -0.2) is 4.98 Å². The number of aliphatic hydroxyl groups is 4. The number of ether oxygens (including phenoxy) is 1. The number of halogens is 1. The topological polar surface area (TPSA) is 103 Å². The van der Waals surface area contributed by atoms with Crippen LogP contribution in [0.4, 0.5) is 0 Å². The summed E-state index contributed by atoms with van der Waals surface area (Å²) in [7, 11) is 0. The van der Waals surface area contributed by atoms with Crippen LogP contribution in [-0.4, -0.2) is 62.7 Å². The maximum atomic E-state index is 10.3. The second-order valence-electron chi connectivity index (χ2n) is 6.07. The molecule has 6 nitrogen and oxygen atoms in total. The molecule has 2 heterocycles. The number of aliphatic hydroxyl groups excluding tert-OH is 4. The Morgan fingerprint density at radius 2 is 2.00 bits per heavy atom. The first-order valence-corrected chi connectivity index (χ1v) is 10.4. The molecule has 1 aromatic carbocycles. The Morgan fingerprint density at radius 1 is 1.23 bits per heavy atom. The van der Waals surface area contributed by atoms with E-state index in [0.717, 1.165) is 14.8 Å². The average molecular weight is 418 g/mol. The van der Waals surface area contributed by atoms with Crippen LogP contribution in [-0.2, 0) is 11.2 Å². The van der Waals surface area contributed by atoms with Gasteiger partial charge in [0.15, 0.2) is 0 Å². The van der Waals surface area contributed by atoms with Gasteiger partial charge in [-0.1, -0.05) is 35.5 Å².